The lowest BCUT2D eigenvalue weighted by Gasteiger charge is -2.19. The van der Waals surface area contributed by atoms with Crippen molar-refractivity contribution in [3.63, 3.8) is 0 Å². The van der Waals surface area contributed by atoms with Crippen LogP contribution in [0.5, 0.6) is 0 Å². The molecule has 0 saturated heterocycles. The smallest absolute Gasteiger partial charge is 0.412 e. The molecule has 0 bridgehead atoms. The zero-order chi connectivity index (χ0) is 17.0. The predicted molar refractivity (Wildman–Crippen MR) is 84.2 cm³/mol. The molecule has 124 valence electrons. The van der Waals surface area contributed by atoms with Gasteiger partial charge in [-0.1, -0.05) is 5.16 Å². The number of rotatable bonds is 4. The molecule has 1 N–H and O–H groups in total. The molecule has 1 amide bonds. The molecular weight excluding hydrogens is 300 g/mol. The molecule has 1 aromatic carbocycles. The van der Waals surface area contributed by atoms with E-state index >= 15 is 0 Å². The van der Waals surface area contributed by atoms with E-state index in [9.17, 15) is 9.59 Å². The van der Waals surface area contributed by atoms with E-state index in [-0.39, 0.29) is 12.4 Å². The molecule has 0 radical (unpaired) electrons. The zero-order valence-electron chi connectivity index (χ0n) is 13.6. The molecule has 2 rings (SSSR count). The number of hydrogen-bond acceptors (Lipinski definition) is 6. The van der Waals surface area contributed by atoms with Crippen LogP contribution in [0, 0.1) is 0 Å². The summed E-state index contributed by atoms with van der Waals surface area (Å²) < 4.78 is 15.3. The number of esters is 1. The molecule has 7 heteroatoms. The average Bonchev–Trinajstić information content (AvgIpc) is 2.79. The molecule has 0 unspecified atom stereocenters. The lowest BCUT2D eigenvalue weighted by molar-refractivity contribution is -0.142. The van der Waals surface area contributed by atoms with E-state index in [0.717, 1.165) is 0 Å². The molecule has 0 saturated carbocycles. The lowest BCUT2D eigenvalue weighted by Crippen LogP contribution is -2.27. The number of fused-ring (bicyclic) bond motifs is 1. The monoisotopic (exact) mass is 320 g/mol. The Morgan fingerprint density at radius 1 is 1.30 bits per heavy atom. The van der Waals surface area contributed by atoms with Gasteiger partial charge in [0, 0.05) is 11.1 Å². The van der Waals surface area contributed by atoms with Gasteiger partial charge < -0.3 is 14.0 Å². The highest BCUT2D eigenvalue weighted by atomic mass is 16.6. The number of nitrogens with zero attached hydrogens (tertiary/aromatic N) is 1. The molecule has 0 aliphatic heterocycles. The van der Waals surface area contributed by atoms with Gasteiger partial charge in [-0.3, -0.25) is 10.1 Å². The summed E-state index contributed by atoms with van der Waals surface area (Å²) in [6, 6.07) is 5.03. The number of carbonyl (C=O) groups excluding carboxylic acids is 2. The second-order valence-corrected chi connectivity index (χ2v) is 5.95. The highest BCUT2D eigenvalue weighted by molar-refractivity contribution is 5.91. The molecular formula is C16H20N2O5. The molecule has 1 heterocycles. The number of nitrogens with one attached hydrogen (secondary N) is 1. The van der Waals surface area contributed by atoms with E-state index in [4.69, 9.17) is 14.0 Å². The molecule has 2 aromatic rings. The first-order valence-electron chi connectivity index (χ1n) is 7.32. The summed E-state index contributed by atoms with van der Waals surface area (Å²) in [7, 11) is 0. The minimum Gasteiger partial charge on any atom is -0.466 e. The number of aromatic nitrogens is 1. The third-order valence-corrected chi connectivity index (χ3v) is 2.81. The van der Waals surface area contributed by atoms with Crippen molar-refractivity contribution in [2.45, 2.75) is 39.7 Å². The maximum atomic E-state index is 11.8. The molecule has 0 spiro atoms. The van der Waals surface area contributed by atoms with Gasteiger partial charge in [-0.2, -0.15) is 0 Å². The van der Waals surface area contributed by atoms with Crippen LogP contribution in [0.1, 0.15) is 33.4 Å². The number of carbonyl (C=O) groups is 2. The van der Waals surface area contributed by atoms with E-state index in [1.807, 2.05) is 0 Å². The van der Waals surface area contributed by atoms with Crippen LogP contribution in [0.2, 0.25) is 0 Å². The average molecular weight is 320 g/mol. The van der Waals surface area contributed by atoms with Crippen molar-refractivity contribution in [2.24, 2.45) is 0 Å². The van der Waals surface area contributed by atoms with Crippen LogP contribution < -0.4 is 5.32 Å². The summed E-state index contributed by atoms with van der Waals surface area (Å²) >= 11 is 0. The number of amides is 1. The zero-order valence-corrected chi connectivity index (χ0v) is 13.6. The van der Waals surface area contributed by atoms with Gasteiger partial charge in [-0.15, -0.1) is 0 Å². The van der Waals surface area contributed by atoms with Gasteiger partial charge in [0.05, 0.1) is 13.0 Å². The van der Waals surface area contributed by atoms with E-state index in [2.05, 4.69) is 10.5 Å². The summed E-state index contributed by atoms with van der Waals surface area (Å²) in [5.41, 5.74) is 0.936. The number of anilines is 1. The Balaban J connectivity index is 2.17. The topological polar surface area (TPSA) is 90.7 Å². The maximum absolute atomic E-state index is 11.8. The third kappa shape index (κ3) is 4.70. The first-order chi connectivity index (χ1) is 10.8. The van der Waals surface area contributed by atoms with Gasteiger partial charge in [0.1, 0.15) is 11.3 Å². The van der Waals surface area contributed by atoms with Crippen molar-refractivity contribution in [2.75, 3.05) is 11.9 Å². The molecule has 7 nitrogen and oxygen atoms in total. The molecule has 23 heavy (non-hydrogen) atoms. The van der Waals surface area contributed by atoms with Crippen molar-refractivity contribution in [1.82, 2.24) is 5.16 Å². The number of hydrogen-bond donors (Lipinski definition) is 1. The van der Waals surface area contributed by atoms with Crippen molar-refractivity contribution >= 4 is 28.7 Å². The molecule has 0 atom stereocenters. The Bertz CT molecular complexity index is 715. The van der Waals surface area contributed by atoms with E-state index < -0.39 is 11.7 Å². The lowest BCUT2D eigenvalue weighted by atomic mass is 10.1. The van der Waals surface area contributed by atoms with Crippen molar-refractivity contribution in [3.05, 3.63) is 23.9 Å². The van der Waals surface area contributed by atoms with Crippen LogP contribution in [-0.4, -0.2) is 29.4 Å². The van der Waals surface area contributed by atoms with Crippen LogP contribution in [0.4, 0.5) is 10.5 Å². The first kappa shape index (κ1) is 16.8. The van der Waals surface area contributed by atoms with Crippen molar-refractivity contribution < 1.29 is 23.6 Å². The van der Waals surface area contributed by atoms with Crippen LogP contribution in [0.15, 0.2) is 22.7 Å². The fourth-order valence-corrected chi connectivity index (χ4v) is 1.96. The van der Waals surface area contributed by atoms with E-state index in [1.165, 1.54) is 0 Å². The molecule has 0 aliphatic rings. The van der Waals surface area contributed by atoms with Crippen LogP contribution in [0.25, 0.3) is 11.0 Å². The summed E-state index contributed by atoms with van der Waals surface area (Å²) in [5.74, 6) is -0.381. The van der Waals surface area contributed by atoms with Gasteiger partial charge in [-0.25, -0.2) is 4.79 Å². The van der Waals surface area contributed by atoms with Crippen LogP contribution in [-0.2, 0) is 20.7 Å². The quantitative estimate of drug-likeness (QED) is 0.869. The predicted octanol–water partition coefficient (Wildman–Crippen LogP) is 3.28. The number of ether oxygens (including phenoxy) is 2. The molecule has 0 aliphatic carbocycles. The van der Waals surface area contributed by atoms with Gasteiger partial charge >= 0.3 is 12.1 Å². The molecule has 1 aromatic heterocycles. The highest BCUT2D eigenvalue weighted by Crippen LogP contribution is 2.23. The summed E-state index contributed by atoms with van der Waals surface area (Å²) in [6.07, 6.45) is -0.545. The number of benzene rings is 1. The fourth-order valence-electron chi connectivity index (χ4n) is 1.96. The van der Waals surface area contributed by atoms with E-state index in [1.54, 1.807) is 45.9 Å². The van der Waals surface area contributed by atoms with Crippen LogP contribution in [0.3, 0.4) is 0 Å². The van der Waals surface area contributed by atoms with Crippen LogP contribution >= 0.6 is 0 Å². The van der Waals surface area contributed by atoms with Gasteiger partial charge in [-0.05, 0) is 45.9 Å². The second-order valence-electron chi connectivity index (χ2n) is 5.95. The third-order valence-electron chi connectivity index (χ3n) is 2.81. The Morgan fingerprint density at radius 3 is 2.70 bits per heavy atom. The Hall–Kier alpha value is -2.57. The molecule has 0 fully saturated rings. The SMILES string of the molecule is CCOC(=O)Cc1noc2ccc(NC(=O)OC(C)(C)C)cc12. The van der Waals surface area contributed by atoms with Crippen molar-refractivity contribution in [1.29, 1.82) is 0 Å². The normalized spacial score (nSPS) is 11.3. The second kappa shape index (κ2) is 6.68. The largest absolute Gasteiger partial charge is 0.466 e. The Morgan fingerprint density at radius 2 is 2.04 bits per heavy atom. The highest BCUT2D eigenvalue weighted by Gasteiger charge is 2.17. The van der Waals surface area contributed by atoms with Gasteiger partial charge in [0.15, 0.2) is 5.58 Å². The Labute approximate surface area is 133 Å². The summed E-state index contributed by atoms with van der Waals surface area (Å²) in [5, 5.41) is 7.16. The standard InChI is InChI=1S/C16H20N2O5/c1-5-21-14(19)9-12-11-8-10(6-7-13(11)23-18-12)17-15(20)22-16(2,3)4/h6-8H,5,9H2,1-4H3,(H,17,20). The fraction of sp³-hybridized carbons (Fsp3) is 0.438. The maximum Gasteiger partial charge on any atom is 0.412 e. The van der Waals surface area contributed by atoms with E-state index in [0.29, 0.717) is 29.0 Å². The van der Waals surface area contributed by atoms with Crippen molar-refractivity contribution in [3.8, 4) is 0 Å². The minimum atomic E-state index is -0.583. The van der Waals surface area contributed by atoms with Gasteiger partial charge in [0.25, 0.3) is 0 Å². The summed E-state index contributed by atoms with van der Waals surface area (Å²) in [4.78, 5) is 23.4. The van der Waals surface area contributed by atoms with Gasteiger partial charge in [0.2, 0.25) is 0 Å². The Kier molecular flexibility index (Phi) is 4.88. The minimum absolute atomic E-state index is 0.0106. The summed E-state index contributed by atoms with van der Waals surface area (Å²) in [6.45, 7) is 7.40. The first-order valence-corrected chi connectivity index (χ1v) is 7.32.